The van der Waals surface area contributed by atoms with Crippen LogP contribution in [0.2, 0.25) is 0 Å². The van der Waals surface area contributed by atoms with Gasteiger partial charge < -0.3 is 9.47 Å². The number of amides is 1. The minimum absolute atomic E-state index is 0.0394. The van der Waals surface area contributed by atoms with Crippen molar-refractivity contribution < 1.29 is 14.3 Å². The highest BCUT2D eigenvalue weighted by molar-refractivity contribution is 6.18. The van der Waals surface area contributed by atoms with Crippen molar-refractivity contribution in [1.29, 1.82) is 0 Å². The van der Waals surface area contributed by atoms with Gasteiger partial charge in [-0.1, -0.05) is 0 Å². The molecular formula is C12H14ClN5O3. The van der Waals surface area contributed by atoms with Crippen LogP contribution >= 0.6 is 11.6 Å². The Labute approximate surface area is 125 Å². The van der Waals surface area contributed by atoms with Crippen LogP contribution in [0.3, 0.4) is 0 Å². The minimum atomic E-state index is -0.0394. The number of carbonyl (C=O) groups is 1. The Kier molecular flexibility index (Phi) is 3.54. The molecule has 0 bridgehead atoms. The van der Waals surface area contributed by atoms with Crippen molar-refractivity contribution in [3.05, 3.63) is 6.20 Å². The summed E-state index contributed by atoms with van der Waals surface area (Å²) in [5.74, 6) is 1.27. The van der Waals surface area contributed by atoms with Crippen molar-refractivity contribution in [2.45, 2.75) is 6.42 Å². The Balaban J connectivity index is 2.06. The molecule has 1 aliphatic heterocycles. The molecular weight excluding hydrogens is 298 g/mol. The smallest absolute Gasteiger partial charge is 0.319 e. The second-order valence-corrected chi connectivity index (χ2v) is 5.00. The highest BCUT2D eigenvalue weighted by atomic mass is 35.5. The van der Waals surface area contributed by atoms with Crippen LogP contribution in [0.5, 0.6) is 11.8 Å². The number of ether oxygens (including phenoxy) is 2. The summed E-state index contributed by atoms with van der Waals surface area (Å²) in [5.41, 5.74) is 0.446. The maximum atomic E-state index is 12.0. The van der Waals surface area contributed by atoms with Crippen molar-refractivity contribution in [1.82, 2.24) is 19.6 Å². The van der Waals surface area contributed by atoms with Gasteiger partial charge in [-0.3, -0.25) is 9.69 Å². The standard InChI is InChI=1S/C12H14ClN5O3/c1-20-8-5-14-12(21-2)18-10(8)15-11(16-18)17-6-7(4-13)3-9(17)19/h5,7H,3-4,6H2,1-2H3. The Morgan fingerprint density at radius 3 is 2.86 bits per heavy atom. The molecule has 1 unspecified atom stereocenters. The van der Waals surface area contributed by atoms with E-state index >= 15 is 0 Å². The molecule has 0 N–H and O–H groups in total. The molecule has 1 saturated heterocycles. The molecule has 1 amide bonds. The molecule has 1 fully saturated rings. The van der Waals surface area contributed by atoms with Gasteiger partial charge in [-0.25, -0.2) is 0 Å². The van der Waals surface area contributed by atoms with E-state index in [1.165, 1.54) is 29.8 Å². The first-order valence-corrected chi connectivity index (χ1v) is 6.91. The van der Waals surface area contributed by atoms with E-state index in [9.17, 15) is 4.79 Å². The van der Waals surface area contributed by atoms with Gasteiger partial charge in [0.25, 0.3) is 5.95 Å². The fourth-order valence-electron chi connectivity index (χ4n) is 2.30. The van der Waals surface area contributed by atoms with Crippen molar-refractivity contribution in [3.63, 3.8) is 0 Å². The first-order valence-electron chi connectivity index (χ1n) is 6.38. The quantitative estimate of drug-likeness (QED) is 0.774. The van der Waals surface area contributed by atoms with E-state index in [4.69, 9.17) is 21.1 Å². The number of hydrogen-bond acceptors (Lipinski definition) is 6. The second kappa shape index (κ2) is 5.36. The zero-order valence-corrected chi connectivity index (χ0v) is 12.4. The number of methoxy groups -OCH3 is 2. The lowest BCUT2D eigenvalue weighted by Gasteiger charge is -2.10. The number of rotatable bonds is 4. The summed E-state index contributed by atoms with van der Waals surface area (Å²) in [6, 6.07) is 0.269. The third kappa shape index (κ3) is 2.25. The van der Waals surface area contributed by atoms with E-state index in [0.29, 0.717) is 36.2 Å². The fourth-order valence-corrected chi connectivity index (χ4v) is 2.50. The van der Waals surface area contributed by atoms with Crippen LogP contribution < -0.4 is 14.4 Å². The summed E-state index contributed by atoms with van der Waals surface area (Å²) in [6.07, 6.45) is 1.91. The average molecular weight is 312 g/mol. The van der Waals surface area contributed by atoms with Crippen molar-refractivity contribution >= 4 is 29.1 Å². The monoisotopic (exact) mass is 311 g/mol. The number of anilines is 1. The molecule has 8 nitrogen and oxygen atoms in total. The zero-order chi connectivity index (χ0) is 15.0. The molecule has 112 valence electrons. The van der Waals surface area contributed by atoms with Gasteiger partial charge in [0.2, 0.25) is 11.6 Å². The van der Waals surface area contributed by atoms with E-state index in [-0.39, 0.29) is 17.8 Å². The molecule has 1 aliphatic rings. The van der Waals surface area contributed by atoms with Crippen LogP contribution in [0.25, 0.3) is 5.65 Å². The maximum Gasteiger partial charge on any atom is 0.319 e. The van der Waals surface area contributed by atoms with Gasteiger partial charge in [-0.15, -0.1) is 16.7 Å². The van der Waals surface area contributed by atoms with Crippen molar-refractivity contribution in [3.8, 4) is 11.8 Å². The lowest BCUT2D eigenvalue weighted by atomic mass is 10.2. The van der Waals surface area contributed by atoms with Gasteiger partial charge in [0.1, 0.15) is 0 Å². The number of hydrogen-bond donors (Lipinski definition) is 0. The van der Waals surface area contributed by atoms with Gasteiger partial charge in [0.15, 0.2) is 5.75 Å². The molecule has 3 rings (SSSR count). The summed E-state index contributed by atoms with van der Waals surface area (Å²) in [5, 5.41) is 4.29. The van der Waals surface area contributed by atoms with Gasteiger partial charge in [0, 0.05) is 18.8 Å². The van der Waals surface area contributed by atoms with Crippen LogP contribution in [0.15, 0.2) is 6.20 Å². The van der Waals surface area contributed by atoms with Crippen LogP contribution in [0, 0.1) is 5.92 Å². The first-order chi connectivity index (χ1) is 10.2. The summed E-state index contributed by atoms with van der Waals surface area (Å²) in [4.78, 5) is 22.0. The van der Waals surface area contributed by atoms with Gasteiger partial charge in [0.05, 0.1) is 20.4 Å². The van der Waals surface area contributed by atoms with E-state index in [0.717, 1.165) is 0 Å². The third-order valence-corrected chi connectivity index (χ3v) is 3.79. The van der Waals surface area contributed by atoms with Crippen molar-refractivity contribution in [2.24, 2.45) is 5.92 Å². The number of nitrogens with zero attached hydrogens (tertiary/aromatic N) is 5. The van der Waals surface area contributed by atoms with Gasteiger partial charge in [-0.2, -0.15) is 14.5 Å². The molecule has 2 aromatic heterocycles. The normalized spacial score (nSPS) is 18.5. The van der Waals surface area contributed by atoms with Crippen LogP contribution in [-0.4, -0.2) is 52.1 Å². The molecule has 0 saturated carbocycles. The van der Waals surface area contributed by atoms with Crippen LogP contribution in [0.1, 0.15) is 6.42 Å². The molecule has 0 aromatic carbocycles. The number of fused-ring (bicyclic) bond motifs is 1. The van der Waals surface area contributed by atoms with E-state index in [2.05, 4.69) is 15.1 Å². The number of carbonyl (C=O) groups excluding carboxylic acids is 1. The predicted molar refractivity (Wildman–Crippen MR) is 75.1 cm³/mol. The Morgan fingerprint density at radius 2 is 2.24 bits per heavy atom. The van der Waals surface area contributed by atoms with E-state index in [1.54, 1.807) is 0 Å². The average Bonchev–Trinajstić information content (AvgIpc) is 3.09. The lowest BCUT2D eigenvalue weighted by molar-refractivity contribution is -0.117. The van der Waals surface area contributed by atoms with Gasteiger partial charge >= 0.3 is 6.01 Å². The highest BCUT2D eigenvalue weighted by Gasteiger charge is 2.33. The summed E-state index contributed by atoms with van der Waals surface area (Å²) < 4.78 is 11.8. The Hall–Kier alpha value is -2.09. The zero-order valence-electron chi connectivity index (χ0n) is 11.6. The van der Waals surface area contributed by atoms with Crippen LogP contribution in [0.4, 0.5) is 5.95 Å². The molecule has 0 radical (unpaired) electrons. The van der Waals surface area contributed by atoms with E-state index < -0.39 is 0 Å². The molecule has 0 aliphatic carbocycles. The molecule has 21 heavy (non-hydrogen) atoms. The number of aromatic nitrogens is 4. The second-order valence-electron chi connectivity index (χ2n) is 4.69. The molecule has 3 heterocycles. The molecule has 2 aromatic rings. The van der Waals surface area contributed by atoms with Gasteiger partial charge in [-0.05, 0) is 5.92 Å². The topological polar surface area (TPSA) is 81.9 Å². The SMILES string of the molecule is COc1cnc(OC)n2nc(N3CC(CCl)CC3=O)nc12. The summed E-state index contributed by atoms with van der Waals surface area (Å²) >= 11 is 5.83. The molecule has 0 spiro atoms. The Morgan fingerprint density at radius 1 is 1.43 bits per heavy atom. The Bertz CT molecular complexity index is 648. The van der Waals surface area contributed by atoms with Crippen LogP contribution in [-0.2, 0) is 4.79 Å². The van der Waals surface area contributed by atoms with Crippen molar-refractivity contribution in [2.75, 3.05) is 31.5 Å². The maximum absolute atomic E-state index is 12.0. The minimum Gasteiger partial charge on any atom is -0.491 e. The fraction of sp³-hybridized carbons (Fsp3) is 0.500. The van der Waals surface area contributed by atoms with E-state index in [1.807, 2.05) is 0 Å². The number of alkyl halides is 1. The highest BCUT2D eigenvalue weighted by Crippen LogP contribution is 2.27. The first kappa shape index (κ1) is 13.9. The lowest BCUT2D eigenvalue weighted by Crippen LogP contribution is -2.26. The number of halogens is 1. The third-order valence-electron chi connectivity index (χ3n) is 3.36. The summed E-state index contributed by atoms with van der Waals surface area (Å²) in [6.45, 7) is 0.511. The summed E-state index contributed by atoms with van der Waals surface area (Å²) in [7, 11) is 3.00. The molecule has 9 heteroatoms. The molecule has 1 atom stereocenters. The predicted octanol–water partition coefficient (Wildman–Crippen LogP) is 0.733. The largest absolute Gasteiger partial charge is 0.491 e.